The number of sulfonamides is 1. The van der Waals surface area contributed by atoms with Crippen molar-refractivity contribution < 1.29 is 18.4 Å². The Labute approximate surface area is 129 Å². The summed E-state index contributed by atoms with van der Waals surface area (Å²) in [7, 11) is -3.95. The number of nitrogens with one attached hydrogen (secondary N) is 1. The lowest BCUT2D eigenvalue weighted by Gasteiger charge is -2.06. The minimum Gasteiger partial charge on any atom is -0.392 e. The first-order chi connectivity index (χ1) is 9.83. The second-order valence-corrected chi connectivity index (χ2v) is 7.51. The smallest absolute Gasteiger partial charge is 0.300 e. The fourth-order valence-electron chi connectivity index (χ4n) is 1.48. The average molecular weight is 349 g/mol. The normalized spacial score (nSPS) is 11.3. The first kappa shape index (κ1) is 15.7. The van der Waals surface area contributed by atoms with Crippen molar-refractivity contribution in [1.82, 2.24) is 0 Å². The van der Waals surface area contributed by atoms with E-state index in [4.69, 9.17) is 16.7 Å². The standard InChI is InChI=1S/C11H9ClN2O5S2/c12-11-9(14(16)17)5-10(20-11)21(18,19)13-8-3-1-7(6-15)2-4-8/h1-5,13,15H,6H2. The van der Waals surface area contributed by atoms with E-state index >= 15 is 0 Å². The summed E-state index contributed by atoms with van der Waals surface area (Å²) < 4.78 is 26.1. The van der Waals surface area contributed by atoms with E-state index in [9.17, 15) is 18.5 Å². The third-order valence-corrected chi connectivity index (χ3v) is 5.69. The van der Waals surface area contributed by atoms with Gasteiger partial charge in [0, 0.05) is 11.8 Å². The Balaban J connectivity index is 2.29. The van der Waals surface area contributed by atoms with Crippen LogP contribution in [0.4, 0.5) is 11.4 Å². The molecule has 1 aromatic heterocycles. The molecule has 112 valence electrons. The van der Waals surface area contributed by atoms with Gasteiger partial charge in [0.05, 0.1) is 11.5 Å². The highest BCUT2D eigenvalue weighted by atomic mass is 35.5. The Kier molecular flexibility index (Phi) is 4.47. The molecular formula is C11H9ClN2O5S2. The average Bonchev–Trinajstić information content (AvgIpc) is 2.82. The molecule has 2 aromatic rings. The molecule has 21 heavy (non-hydrogen) atoms. The van der Waals surface area contributed by atoms with Gasteiger partial charge in [0.1, 0.15) is 4.21 Å². The number of nitrogens with zero attached hydrogens (tertiary/aromatic N) is 1. The second kappa shape index (κ2) is 5.98. The number of anilines is 1. The van der Waals surface area contributed by atoms with Crippen LogP contribution in [-0.4, -0.2) is 18.4 Å². The monoisotopic (exact) mass is 348 g/mol. The molecule has 0 saturated carbocycles. The minimum absolute atomic E-state index is 0.153. The summed E-state index contributed by atoms with van der Waals surface area (Å²) in [5, 5.41) is 19.6. The fourth-order valence-corrected chi connectivity index (χ4v) is 4.20. The Morgan fingerprint density at radius 3 is 2.43 bits per heavy atom. The van der Waals surface area contributed by atoms with Crippen LogP contribution in [0.1, 0.15) is 5.56 Å². The Morgan fingerprint density at radius 2 is 1.95 bits per heavy atom. The molecule has 0 bridgehead atoms. The number of aliphatic hydroxyl groups excluding tert-OH is 1. The molecule has 0 aliphatic heterocycles. The van der Waals surface area contributed by atoms with Gasteiger partial charge in [0.25, 0.3) is 15.7 Å². The van der Waals surface area contributed by atoms with Crippen molar-refractivity contribution in [2.24, 2.45) is 0 Å². The predicted octanol–water partition coefficient (Wildman–Crippen LogP) is 2.60. The number of thiophene rings is 1. The van der Waals surface area contributed by atoms with Gasteiger partial charge in [-0.15, -0.1) is 11.3 Å². The van der Waals surface area contributed by atoms with Gasteiger partial charge in [-0.2, -0.15) is 0 Å². The minimum atomic E-state index is -3.95. The van der Waals surface area contributed by atoms with E-state index in [-0.39, 0.29) is 20.8 Å². The zero-order valence-electron chi connectivity index (χ0n) is 10.3. The summed E-state index contributed by atoms with van der Waals surface area (Å²) in [6, 6.07) is 6.99. The zero-order chi connectivity index (χ0) is 15.6. The van der Waals surface area contributed by atoms with Gasteiger partial charge in [-0.1, -0.05) is 23.7 Å². The Hall–Kier alpha value is -1.68. The van der Waals surface area contributed by atoms with Crippen molar-refractivity contribution in [2.45, 2.75) is 10.8 Å². The van der Waals surface area contributed by atoms with E-state index < -0.39 is 20.6 Å². The van der Waals surface area contributed by atoms with Crippen molar-refractivity contribution >= 4 is 44.3 Å². The molecule has 0 atom stereocenters. The molecule has 0 aliphatic rings. The molecule has 0 fully saturated rings. The molecule has 10 heteroatoms. The highest BCUT2D eigenvalue weighted by Crippen LogP contribution is 2.36. The van der Waals surface area contributed by atoms with E-state index in [1.165, 1.54) is 12.1 Å². The molecule has 2 N–H and O–H groups in total. The molecule has 0 amide bonds. The van der Waals surface area contributed by atoms with Crippen molar-refractivity contribution in [2.75, 3.05) is 4.72 Å². The molecular weight excluding hydrogens is 340 g/mol. The van der Waals surface area contributed by atoms with Crippen LogP contribution in [0, 0.1) is 10.1 Å². The summed E-state index contributed by atoms with van der Waals surface area (Å²) in [6.07, 6.45) is 0. The van der Waals surface area contributed by atoms with E-state index in [0.29, 0.717) is 16.9 Å². The van der Waals surface area contributed by atoms with Crippen LogP contribution in [-0.2, 0) is 16.6 Å². The largest absolute Gasteiger partial charge is 0.392 e. The highest BCUT2D eigenvalue weighted by Gasteiger charge is 2.25. The molecule has 2 rings (SSSR count). The first-order valence-electron chi connectivity index (χ1n) is 5.50. The number of benzene rings is 1. The number of nitro groups is 1. The predicted molar refractivity (Wildman–Crippen MR) is 79.2 cm³/mol. The van der Waals surface area contributed by atoms with Gasteiger partial charge >= 0.3 is 0 Å². The van der Waals surface area contributed by atoms with Crippen LogP contribution >= 0.6 is 22.9 Å². The Morgan fingerprint density at radius 1 is 1.33 bits per heavy atom. The number of rotatable bonds is 5. The van der Waals surface area contributed by atoms with E-state index in [2.05, 4.69) is 4.72 Å². The first-order valence-corrected chi connectivity index (χ1v) is 8.17. The molecule has 1 aromatic carbocycles. The maximum Gasteiger partial charge on any atom is 0.300 e. The lowest BCUT2D eigenvalue weighted by molar-refractivity contribution is -0.384. The molecule has 1 heterocycles. The van der Waals surface area contributed by atoms with Crippen LogP contribution in [0.15, 0.2) is 34.5 Å². The van der Waals surface area contributed by atoms with Gasteiger partial charge in [0.15, 0.2) is 4.34 Å². The van der Waals surface area contributed by atoms with Crippen molar-refractivity contribution in [3.63, 3.8) is 0 Å². The van der Waals surface area contributed by atoms with E-state index in [0.717, 1.165) is 6.07 Å². The van der Waals surface area contributed by atoms with Gasteiger partial charge < -0.3 is 5.11 Å². The van der Waals surface area contributed by atoms with E-state index in [1.54, 1.807) is 12.1 Å². The van der Waals surface area contributed by atoms with E-state index in [1.807, 2.05) is 0 Å². The molecule has 0 spiro atoms. The SMILES string of the molecule is O=[N+]([O-])c1cc(S(=O)(=O)Nc2ccc(CO)cc2)sc1Cl. The van der Waals surface area contributed by atoms with Crippen LogP contribution < -0.4 is 4.72 Å². The molecule has 0 unspecified atom stereocenters. The lowest BCUT2D eigenvalue weighted by Crippen LogP contribution is -2.11. The van der Waals surface area contributed by atoms with Crippen molar-refractivity contribution in [3.05, 3.63) is 50.3 Å². The highest BCUT2D eigenvalue weighted by molar-refractivity contribution is 7.94. The van der Waals surface area contributed by atoms with Gasteiger partial charge in [-0.3, -0.25) is 14.8 Å². The number of hydrogen-bond donors (Lipinski definition) is 2. The molecule has 0 aliphatic carbocycles. The van der Waals surface area contributed by atoms with Crippen molar-refractivity contribution in [1.29, 1.82) is 0 Å². The molecule has 0 saturated heterocycles. The van der Waals surface area contributed by atoms with Gasteiger partial charge in [-0.25, -0.2) is 8.42 Å². The number of halogens is 1. The van der Waals surface area contributed by atoms with Crippen LogP contribution in [0.25, 0.3) is 0 Å². The molecule has 0 radical (unpaired) electrons. The zero-order valence-corrected chi connectivity index (χ0v) is 12.7. The quantitative estimate of drug-likeness (QED) is 0.637. The number of aliphatic hydroxyl groups is 1. The van der Waals surface area contributed by atoms with Crippen molar-refractivity contribution in [3.8, 4) is 0 Å². The van der Waals surface area contributed by atoms with Crippen LogP contribution in [0.2, 0.25) is 4.34 Å². The van der Waals surface area contributed by atoms with Gasteiger partial charge in [-0.05, 0) is 17.7 Å². The second-order valence-electron chi connectivity index (χ2n) is 3.94. The Bertz CT molecular complexity index is 770. The summed E-state index contributed by atoms with van der Waals surface area (Å²) in [6.45, 7) is -0.153. The number of hydrogen-bond acceptors (Lipinski definition) is 6. The summed E-state index contributed by atoms with van der Waals surface area (Å²) in [4.78, 5) is 9.94. The van der Waals surface area contributed by atoms with Crippen LogP contribution in [0.5, 0.6) is 0 Å². The third kappa shape index (κ3) is 3.50. The van der Waals surface area contributed by atoms with Gasteiger partial charge in [0.2, 0.25) is 0 Å². The fraction of sp³-hybridized carbons (Fsp3) is 0.0909. The lowest BCUT2D eigenvalue weighted by atomic mass is 10.2. The topological polar surface area (TPSA) is 110 Å². The maximum absolute atomic E-state index is 12.1. The maximum atomic E-state index is 12.1. The summed E-state index contributed by atoms with van der Waals surface area (Å²) in [5.41, 5.74) is 0.463. The summed E-state index contributed by atoms with van der Waals surface area (Å²) in [5.74, 6) is 0. The third-order valence-electron chi connectivity index (χ3n) is 2.50. The van der Waals surface area contributed by atoms with Crippen LogP contribution in [0.3, 0.4) is 0 Å². The summed E-state index contributed by atoms with van der Waals surface area (Å²) >= 11 is 6.26. The molecule has 7 nitrogen and oxygen atoms in total.